The van der Waals surface area contributed by atoms with Crippen molar-refractivity contribution < 1.29 is 13.9 Å². The zero-order chi connectivity index (χ0) is 19.2. The lowest BCUT2D eigenvalue weighted by molar-refractivity contribution is -0.139. The van der Waals surface area contributed by atoms with E-state index in [2.05, 4.69) is 0 Å². The third-order valence-electron chi connectivity index (χ3n) is 4.00. The molecule has 0 bridgehead atoms. The zero-order valence-electron chi connectivity index (χ0n) is 14.8. The van der Waals surface area contributed by atoms with Gasteiger partial charge in [-0.25, -0.2) is 0 Å². The highest BCUT2D eigenvalue weighted by atomic mass is 35.5. The second kappa shape index (κ2) is 8.98. The highest BCUT2D eigenvalue weighted by Crippen LogP contribution is 2.28. The molecule has 0 fully saturated rings. The van der Waals surface area contributed by atoms with Crippen molar-refractivity contribution in [3.05, 3.63) is 88.3 Å². The summed E-state index contributed by atoms with van der Waals surface area (Å²) in [5, 5.41) is 0.873. The maximum atomic E-state index is 13.0. The minimum atomic E-state index is -0.720. The Kier molecular flexibility index (Phi) is 6.43. The Balaban J connectivity index is 1.76. The fourth-order valence-electron chi connectivity index (χ4n) is 2.67. The molecule has 1 aromatic heterocycles. The number of hydrogen-bond acceptors (Lipinski definition) is 3. The summed E-state index contributed by atoms with van der Waals surface area (Å²) in [4.78, 5) is 14.7. The van der Waals surface area contributed by atoms with Crippen molar-refractivity contribution in [2.75, 3.05) is 0 Å². The third-order valence-corrected chi connectivity index (χ3v) is 4.53. The molecule has 1 heterocycles. The van der Waals surface area contributed by atoms with Crippen LogP contribution in [-0.4, -0.2) is 16.9 Å². The van der Waals surface area contributed by atoms with Crippen molar-refractivity contribution in [1.29, 1.82) is 0 Å². The van der Waals surface area contributed by atoms with Crippen molar-refractivity contribution in [1.82, 2.24) is 4.90 Å². The van der Waals surface area contributed by atoms with Crippen LogP contribution in [0.3, 0.4) is 0 Å². The molecule has 140 valence electrons. The van der Waals surface area contributed by atoms with E-state index in [1.54, 1.807) is 42.4 Å². The standard InChI is InChI=1S/C21H19Cl2NO3/c1-15(27-20-10-9-17(22)12-19(20)23)21(25)24(14-18-8-5-11-26-18)13-16-6-3-2-4-7-16/h2-12,15H,13-14H2,1H3. The number of amides is 1. The summed E-state index contributed by atoms with van der Waals surface area (Å²) in [5.74, 6) is 0.955. The van der Waals surface area contributed by atoms with E-state index >= 15 is 0 Å². The molecule has 27 heavy (non-hydrogen) atoms. The summed E-state index contributed by atoms with van der Waals surface area (Å²) in [6.07, 6.45) is 0.871. The molecule has 4 nitrogen and oxygen atoms in total. The van der Waals surface area contributed by atoms with Crippen LogP contribution in [0.4, 0.5) is 0 Å². The first-order valence-corrected chi connectivity index (χ1v) is 9.25. The Morgan fingerprint density at radius 3 is 2.52 bits per heavy atom. The molecule has 1 atom stereocenters. The van der Waals surface area contributed by atoms with Gasteiger partial charge in [0.15, 0.2) is 6.10 Å². The predicted molar refractivity (Wildman–Crippen MR) is 106 cm³/mol. The molecule has 0 spiro atoms. The van der Waals surface area contributed by atoms with Crippen LogP contribution >= 0.6 is 23.2 Å². The smallest absolute Gasteiger partial charge is 0.264 e. The highest BCUT2D eigenvalue weighted by Gasteiger charge is 2.24. The van der Waals surface area contributed by atoms with Gasteiger partial charge in [0.1, 0.15) is 11.5 Å². The van der Waals surface area contributed by atoms with Gasteiger partial charge in [0.25, 0.3) is 5.91 Å². The molecule has 6 heteroatoms. The number of furan rings is 1. The van der Waals surface area contributed by atoms with Crippen LogP contribution in [0.2, 0.25) is 10.0 Å². The Morgan fingerprint density at radius 1 is 1.07 bits per heavy atom. The lowest BCUT2D eigenvalue weighted by Crippen LogP contribution is -2.39. The maximum Gasteiger partial charge on any atom is 0.264 e. The largest absolute Gasteiger partial charge is 0.479 e. The number of ether oxygens (including phenoxy) is 1. The molecular weight excluding hydrogens is 385 g/mol. The van der Waals surface area contributed by atoms with E-state index in [1.807, 2.05) is 36.4 Å². The fourth-order valence-corrected chi connectivity index (χ4v) is 3.13. The summed E-state index contributed by atoms with van der Waals surface area (Å²) in [6.45, 7) is 2.50. The van der Waals surface area contributed by atoms with Crippen LogP contribution in [-0.2, 0) is 17.9 Å². The number of rotatable bonds is 7. The predicted octanol–water partition coefficient (Wildman–Crippen LogP) is 5.58. The van der Waals surface area contributed by atoms with Gasteiger partial charge >= 0.3 is 0 Å². The number of halogens is 2. The second-order valence-electron chi connectivity index (χ2n) is 6.09. The van der Waals surface area contributed by atoms with E-state index in [1.165, 1.54) is 0 Å². The summed E-state index contributed by atoms with van der Waals surface area (Å²) >= 11 is 12.1. The van der Waals surface area contributed by atoms with Crippen molar-refractivity contribution in [2.45, 2.75) is 26.1 Å². The van der Waals surface area contributed by atoms with Gasteiger partial charge in [0.05, 0.1) is 17.8 Å². The van der Waals surface area contributed by atoms with E-state index < -0.39 is 6.10 Å². The van der Waals surface area contributed by atoms with Crippen molar-refractivity contribution in [3.8, 4) is 5.75 Å². The van der Waals surface area contributed by atoms with E-state index in [0.29, 0.717) is 34.6 Å². The van der Waals surface area contributed by atoms with Gasteiger partial charge in [0, 0.05) is 11.6 Å². The molecule has 0 aliphatic rings. The van der Waals surface area contributed by atoms with Crippen molar-refractivity contribution in [3.63, 3.8) is 0 Å². The van der Waals surface area contributed by atoms with Crippen molar-refractivity contribution >= 4 is 29.1 Å². The molecule has 0 N–H and O–H groups in total. The Labute approximate surface area is 168 Å². The van der Waals surface area contributed by atoms with Crippen LogP contribution in [0.1, 0.15) is 18.2 Å². The molecule has 3 aromatic rings. The first-order chi connectivity index (χ1) is 13.0. The van der Waals surface area contributed by atoms with Crippen LogP contribution in [0.25, 0.3) is 0 Å². The average Bonchev–Trinajstić information content (AvgIpc) is 3.17. The van der Waals surface area contributed by atoms with Crippen LogP contribution in [0.5, 0.6) is 5.75 Å². The fraction of sp³-hybridized carbons (Fsp3) is 0.190. The molecule has 1 unspecified atom stereocenters. The Bertz CT molecular complexity index is 882. The topological polar surface area (TPSA) is 42.7 Å². The van der Waals surface area contributed by atoms with Crippen LogP contribution < -0.4 is 4.74 Å². The van der Waals surface area contributed by atoms with Gasteiger partial charge in [0.2, 0.25) is 0 Å². The van der Waals surface area contributed by atoms with Gasteiger partial charge in [-0.15, -0.1) is 0 Å². The molecule has 0 saturated heterocycles. The minimum absolute atomic E-state index is 0.165. The molecule has 0 aliphatic carbocycles. The number of carbonyl (C=O) groups excluding carboxylic acids is 1. The quantitative estimate of drug-likeness (QED) is 0.516. The number of carbonyl (C=O) groups is 1. The number of benzene rings is 2. The normalized spacial score (nSPS) is 11.8. The lowest BCUT2D eigenvalue weighted by atomic mass is 10.2. The second-order valence-corrected chi connectivity index (χ2v) is 6.94. The molecule has 2 aromatic carbocycles. The highest BCUT2D eigenvalue weighted by molar-refractivity contribution is 6.35. The van der Waals surface area contributed by atoms with Crippen LogP contribution in [0, 0.1) is 0 Å². The summed E-state index contributed by atoms with van der Waals surface area (Å²) in [5.41, 5.74) is 1.02. The maximum absolute atomic E-state index is 13.0. The minimum Gasteiger partial charge on any atom is -0.479 e. The van der Waals surface area contributed by atoms with E-state index in [9.17, 15) is 4.79 Å². The van der Waals surface area contributed by atoms with Gasteiger partial charge in [-0.2, -0.15) is 0 Å². The third kappa shape index (κ3) is 5.28. The molecule has 1 amide bonds. The SMILES string of the molecule is CC(Oc1ccc(Cl)cc1Cl)C(=O)N(Cc1ccccc1)Cc1ccco1. The van der Waals surface area contributed by atoms with Gasteiger partial charge in [-0.05, 0) is 42.8 Å². The van der Waals surface area contributed by atoms with E-state index in [0.717, 1.165) is 5.56 Å². The number of nitrogens with zero attached hydrogens (tertiary/aromatic N) is 1. The molecule has 0 aliphatic heterocycles. The van der Waals surface area contributed by atoms with E-state index in [4.69, 9.17) is 32.4 Å². The molecule has 0 saturated carbocycles. The van der Waals surface area contributed by atoms with E-state index in [-0.39, 0.29) is 5.91 Å². The van der Waals surface area contributed by atoms with Crippen LogP contribution in [0.15, 0.2) is 71.3 Å². The monoisotopic (exact) mass is 403 g/mol. The Morgan fingerprint density at radius 2 is 1.85 bits per heavy atom. The lowest BCUT2D eigenvalue weighted by Gasteiger charge is -2.26. The summed E-state index contributed by atoms with van der Waals surface area (Å²) in [6, 6.07) is 18.3. The van der Waals surface area contributed by atoms with Gasteiger partial charge in [-0.3, -0.25) is 4.79 Å². The Hall–Kier alpha value is -2.43. The molecular formula is C21H19Cl2NO3. The summed E-state index contributed by atoms with van der Waals surface area (Å²) < 4.78 is 11.2. The zero-order valence-corrected chi connectivity index (χ0v) is 16.3. The van der Waals surface area contributed by atoms with Gasteiger partial charge < -0.3 is 14.1 Å². The molecule has 3 rings (SSSR count). The first kappa shape index (κ1) is 19.3. The van der Waals surface area contributed by atoms with Gasteiger partial charge in [-0.1, -0.05) is 53.5 Å². The van der Waals surface area contributed by atoms with Crippen molar-refractivity contribution in [2.24, 2.45) is 0 Å². The number of hydrogen-bond donors (Lipinski definition) is 0. The first-order valence-electron chi connectivity index (χ1n) is 8.49. The average molecular weight is 404 g/mol. The summed E-state index contributed by atoms with van der Waals surface area (Å²) in [7, 11) is 0. The molecule has 0 radical (unpaired) electrons.